The van der Waals surface area contributed by atoms with Crippen molar-refractivity contribution in [2.75, 3.05) is 6.61 Å². The molecule has 0 aliphatic carbocycles. The number of unbranched alkanes of at least 4 members (excludes halogenated alkanes) is 1. The third kappa shape index (κ3) is 162. The maximum absolute atomic E-state index is 8.07. The fourth-order valence-corrected chi connectivity index (χ4v) is 0.158. The van der Waals surface area contributed by atoms with Gasteiger partial charge in [0, 0.05) is 6.61 Å². The van der Waals surface area contributed by atoms with Crippen molar-refractivity contribution in [2.45, 2.75) is 47.0 Å². The largest absolute Gasteiger partial charge is 0.396 e. The first-order valence-electron chi connectivity index (χ1n) is 6.18. The van der Waals surface area contributed by atoms with E-state index in [0.717, 1.165) is 19.3 Å². The number of hydrogen-bond donors (Lipinski definition) is 1. The molecule has 0 aromatic carbocycles. The Bertz CT molecular complexity index is 134. The zero-order chi connectivity index (χ0) is 14.4. The lowest BCUT2D eigenvalue weighted by Gasteiger charge is -1.79. The molecule has 0 fully saturated rings. The molecule has 0 bridgehead atoms. The van der Waals surface area contributed by atoms with Gasteiger partial charge in [0.2, 0.25) is 0 Å². The molecule has 1 N–H and O–H groups in total. The van der Waals surface area contributed by atoms with Crippen LogP contribution in [0.15, 0.2) is 50.1 Å². The van der Waals surface area contributed by atoms with Gasteiger partial charge in [-0.3, -0.25) is 0 Å². The zero-order valence-corrected chi connectivity index (χ0v) is 12.3. The Morgan fingerprint density at radius 1 is 0.941 bits per heavy atom. The molecule has 0 heterocycles. The standard InChI is InChI=1S/C4H10O.2C4H8.C4H6/c1-2-3-4-5;3*1-3-4-2/h5H,2-4H2,1H3;3-4H,1-2H3;3H,1,4H2,2H3;3-4H,1-2H2. The molecule has 0 unspecified atom stereocenters. The third-order valence-electron chi connectivity index (χ3n) is 1.30. The highest BCUT2D eigenvalue weighted by Crippen LogP contribution is 1.78. The van der Waals surface area contributed by atoms with Crippen LogP contribution in [0.25, 0.3) is 0 Å². The van der Waals surface area contributed by atoms with E-state index in [1.54, 1.807) is 12.2 Å². The van der Waals surface area contributed by atoms with E-state index in [9.17, 15) is 0 Å². The summed E-state index contributed by atoms with van der Waals surface area (Å²) >= 11 is 0. The number of aliphatic hydroxyl groups excluding tert-OH is 1. The Hall–Kier alpha value is -1.08. The fourth-order valence-electron chi connectivity index (χ4n) is 0.158. The van der Waals surface area contributed by atoms with Gasteiger partial charge in [0.15, 0.2) is 0 Å². The van der Waals surface area contributed by atoms with Crippen molar-refractivity contribution in [3.8, 4) is 0 Å². The number of rotatable bonds is 4. The molecule has 0 aliphatic heterocycles. The van der Waals surface area contributed by atoms with Crippen molar-refractivity contribution < 1.29 is 5.11 Å². The lowest BCUT2D eigenvalue weighted by Crippen LogP contribution is -1.75. The van der Waals surface area contributed by atoms with Crippen LogP contribution >= 0.6 is 0 Å². The van der Waals surface area contributed by atoms with Gasteiger partial charge in [-0.1, -0.05) is 63.8 Å². The molecule has 0 aromatic heterocycles. The zero-order valence-electron chi connectivity index (χ0n) is 12.3. The van der Waals surface area contributed by atoms with E-state index in [1.807, 2.05) is 32.1 Å². The summed E-state index contributed by atoms with van der Waals surface area (Å²) in [7, 11) is 0. The van der Waals surface area contributed by atoms with E-state index >= 15 is 0 Å². The maximum atomic E-state index is 8.07. The van der Waals surface area contributed by atoms with E-state index in [4.69, 9.17) is 5.11 Å². The number of allylic oxidation sites excluding steroid dienone is 5. The van der Waals surface area contributed by atoms with Crippen LogP contribution < -0.4 is 0 Å². The molecule has 0 aliphatic rings. The molecule has 1 nitrogen and oxygen atoms in total. The number of hydrogen-bond acceptors (Lipinski definition) is 1. The summed E-state index contributed by atoms with van der Waals surface area (Å²) < 4.78 is 0. The van der Waals surface area contributed by atoms with E-state index in [0.29, 0.717) is 6.61 Å². The van der Waals surface area contributed by atoms with Crippen LogP contribution in [0.5, 0.6) is 0 Å². The van der Waals surface area contributed by atoms with Crippen LogP contribution in [0.3, 0.4) is 0 Å². The van der Waals surface area contributed by atoms with Gasteiger partial charge in [-0.25, -0.2) is 0 Å². The highest BCUT2D eigenvalue weighted by Gasteiger charge is 1.69. The van der Waals surface area contributed by atoms with E-state index < -0.39 is 0 Å². The second-order valence-corrected chi connectivity index (χ2v) is 2.91. The van der Waals surface area contributed by atoms with Crippen LogP contribution in [0, 0.1) is 0 Å². The van der Waals surface area contributed by atoms with Crippen LogP contribution in [-0.4, -0.2) is 11.7 Å². The number of aliphatic hydroxyl groups is 1. The smallest absolute Gasteiger partial charge is 0.0430 e. The Labute approximate surface area is 109 Å². The molecule has 0 saturated heterocycles. The van der Waals surface area contributed by atoms with Gasteiger partial charge in [0.05, 0.1) is 0 Å². The predicted octanol–water partition coefficient (Wildman–Crippen LogP) is 5.30. The molecule has 102 valence electrons. The minimum absolute atomic E-state index is 0.344. The molecule has 0 aromatic rings. The topological polar surface area (TPSA) is 20.2 Å². The highest BCUT2D eigenvalue weighted by atomic mass is 16.2. The van der Waals surface area contributed by atoms with Gasteiger partial charge < -0.3 is 5.11 Å². The van der Waals surface area contributed by atoms with Crippen molar-refractivity contribution in [1.82, 2.24) is 0 Å². The van der Waals surface area contributed by atoms with Gasteiger partial charge >= 0.3 is 0 Å². The summed E-state index contributed by atoms with van der Waals surface area (Å²) in [6.07, 6.45) is 12.3. The van der Waals surface area contributed by atoms with Crippen molar-refractivity contribution in [3.05, 3.63) is 50.1 Å². The maximum Gasteiger partial charge on any atom is 0.0430 e. The first-order chi connectivity index (χ1) is 8.16. The minimum Gasteiger partial charge on any atom is -0.396 e. The first-order valence-corrected chi connectivity index (χ1v) is 6.18. The highest BCUT2D eigenvalue weighted by molar-refractivity contribution is 4.88. The lowest BCUT2D eigenvalue weighted by molar-refractivity contribution is 0.287. The average Bonchev–Trinajstić information content (AvgIpc) is 2.40. The third-order valence-corrected chi connectivity index (χ3v) is 1.30. The molecule has 17 heavy (non-hydrogen) atoms. The molecule has 0 rings (SSSR count). The summed E-state index contributed by atoms with van der Waals surface area (Å²) in [5.41, 5.74) is 0. The minimum atomic E-state index is 0.344. The van der Waals surface area contributed by atoms with E-state index in [-0.39, 0.29) is 0 Å². The molecule has 0 atom stereocenters. The van der Waals surface area contributed by atoms with Gasteiger partial charge in [-0.2, -0.15) is 0 Å². The van der Waals surface area contributed by atoms with Crippen LogP contribution in [-0.2, 0) is 0 Å². The molecular formula is C16H32O. The van der Waals surface area contributed by atoms with Crippen LogP contribution in [0.4, 0.5) is 0 Å². The van der Waals surface area contributed by atoms with E-state index in [2.05, 4.69) is 33.6 Å². The SMILES string of the molecule is C=CC=C.C=CCC.CC=CC.CCCCO. The molecule has 1 heteroatoms. The van der Waals surface area contributed by atoms with Crippen molar-refractivity contribution in [1.29, 1.82) is 0 Å². The van der Waals surface area contributed by atoms with Crippen molar-refractivity contribution in [3.63, 3.8) is 0 Å². The van der Waals surface area contributed by atoms with Gasteiger partial charge in [0.1, 0.15) is 0 Å². The van der Waals surface area contributed by atoms with Crippen molar-refractivity contribution in [2.24, 2.45) is 0 Å². The normalized spacial score (nSPS) is 7.35. The summed E-state index contributed by atoms with van der Waals surface area (Å²) in [5, 5.41) is 8.07. The Kier molecular flexibility index (Phi) is 67.6. The quantitative estimate of drug-likeness (QED) is 0.522. The van der Waals surface area contributed by atoms with Gasteiger partial charge in [0.25, 0.3) is 0 Å². The van der Waals surface area contributed by atoms with Gasteiger partial charge in [-0.05, 0) is 26.7 Å². The van der Waals surface area contributed by atoms with Crippen molar-refractivity contribution >= 4 is 0 Å². The molecule has 0 amide bonds. The predicted molar refractivity (Wildman–Crippen MR) is 83.4 cm³/mol. The molecular weight excluding hydrogens is 208 g/mol. The summed E-state index contributed by atoms with van der Waals surface area (Å²) in [6.45, 7) is 18.7. The summed E-state index contributed by atoms with van der Waals surface area (Å²) in [6, 6.07) is 0. The summed E-state index contributed by atoms with van der Waals surface area (Å²) in [4.78, 5) is 0. The Morgan fingerprint density at radius 3 is 1.29 bits per heavy atom. The lowest BCUT2D eigenvalue weighted by atomic mass is 10.4. The summed E-state index contributed by atoms with van der Waals surface area (Å²) in [5.74, 6) is 0. The monoisotopic (exact) mass is 240 g/mol. The van der Waals surface area contributed by atoms with Crippen LogP contribution in [0.2, 0.25) is 0 Å². The van der Waals surface area contributed by atoms with Crippen LogP contribution in [0.1, 0.15) is 47.0 Å². The van der Waals surface area contributed by atoms with E-state index in [1.165, 1.54) is 0 Å². The fraction of sp³-hybridized carbons (Fsp3) is 0.500. The Balaban J connectivity index is -0.0000000667. The average molecular weight is 240 g/mol. The molecule has 0 saturated carbocycles. The van der Waals surface area contributed by atoms with Gasteiger partial charge in [-0.15, -0.1) is 6.58 Å². The Morgan fingerprint density at radius 2 is 1.29 bits per heavy atom. The second-order valence-electron chi connectivity index (χ2n) is 2.91. The second kappa shape index (κ2) is 46.1. The first kappa shape index (κ1) is 24.9. The molecule has 0 radical (unpaired) electrons. The molecule has 0 spiro atoms.